The number of aryl methyl sites for hydroxylation is 1. The van der Waals surface area contributed by atoms with Gasteiger partial charge in [0.2, 0.25) is 0 Å². The van der Waals surface area contributed by atoms with Crippen LogP contribution in [0.25, 0.3) is 6.08 Å². The number of carbonyl (C=O) groups is 1. The van der Waals surface area contributed by atoms with E-state index in [1.165, 1.54) is 0 Å². The summed E-state index contributed by atoms with van der Waals surface area (Å²) in [6.07, 6.45) is 1.85. The fraction of sp³-hybridized carbons (Fsp3) is 0.238. The summed E-state index contributed by atoms with van der Waals surface area (Å²) in [7, 11) is 0. The van der Waals surface area contributed by atoms with Crippen molar-refractivity contribution in [3.05, 3.63) is 64.9 Å². The van der Waals surface area contributed by atoms with Gasteiger partial charge >= 0.3 is 0 Å². The average molecular weight is 334 g/mol. The molecule has 0 aliphatic carbocycles. The summed E-state index contributed by atoms with van der Waals surface area (Å²) in [5, 5.41) is 10.2. The highest BCUT2D eigenvalue weighted by atomic mass is 16.3. The van der Waals surface area contributed by atoms with Crippen molar-refractivity contribution in [3.63, 3.8) is 0 Å². The second kappa shape index (κ2) is 6.55. The maximum absolute atomic E-state index is 12.4. The van der Waals surface area contributed by atoms with Crippen LogP contribution >= 0.6 is 0 Å². The predicted molar refractivity (Wildman–Crippen MR) is 102 cm³/mol. The van der Waals surface area contributed by atoms with E-state index >= 15 is 0 Å². The highest BCUT2D eigenvalue weighted by Gasteiger charge is 2.30. The van der Waals surface area contributed by atoms with Crippen molar-refractivity contribution in [1.82, 2.24) is 0 Å². The number of amides is 1. The lowest BCUT2D eigenvalue weighted by Crippen LogP contribution is -2.25. The van der Waals surface area contributed by atoms with Crippen LogP contribution in [0.3, 0.4) is 0 Å². The zero-order valence-corrected chi connectivity index (χ0v) is 14.9. The summed E-state index contributed by atoms with van der Waals surface area (Å²) in [6, 6.07) is 13.4. The Labute approximate surface area is 148 Å². The molecule has 0 bridgehead atoms. The topological polar surface area (TPSA) is 52.9 Å². The standard InChI is InChI=1S/C21H22N2O2/c1-13(2)17-12-18(14(3)10-20(17)24)23-15(4)22-21(25)19(23)11-16-8-6-5-7-9-16/h5-13,24H,1-4H3/b19-11+. The number of carbonyl (C=O) groups excluding carboxylic acids is 1. The molecule has 1 heterocycles. The minimum Gasteiger partial charge on any atom is -0.508 e. The van der Waals surface area contributed by atoms with Crippen molar-refractivity contribution < 1.29 is 9.90 Å². The fourth-order valence-corrected chi connectivity index (χ4v) is 3.06. The van der Waals surface area contributed by atoms with Gasteiger partial charge in [-0.05, 0) is 54.7 Å². The minimum absolute atomic E-state index is 0.177. The van der Waals surface area contributed by atoms with Gasteiger partial charge in [-0.25, -0.2) is 0 Å². The second-order valence-electron chi connectivity index (χ2n) is 6.59. The average Bonchev–Trinajstić information content (AvgIpc) is 2.82. The van der Waals surface area contributed by atoms with Gasteiger partial charge in [-0.15, -0.1) is 0 Å². The molecule has 3 rings (SSSR count). The van der Waals surface area contributed by atoms with Gasteiger partial charge in [0.15, 0.2) is 0 Å². The molecule has 1 aliphatic rings. The quantitative estimate of drug-likeness (QED) is 0.833. The molecule has 0 radical (unpaired) electrons. The van der Waals surface area contributed by atoms with E-state index in [-0.39, 0.29) is 17.6 Å². The molecule has 1 N–H and O–H groups in total. The van der Waals surface area contributed by atoms with Gasteiger partial charge in [0.1, 0.15) is 17.3 Å². The molecule has 2 aromatic carbocycles. The Morgan fingerprint density at radius 1 is 1.12 bits per heavy atom. The monoisotopic (exact) mass is 334 g/mol. The van der Waals surface area contributed by atoms with Crippen LogP contribution in [0.5, 0.6) is 5.75 Å². The number of aromatic hydroxyl groups is 1. The minimum atomic E-state index is -0.250. The Kier molecular flexibility index (Phi) is 4.45. The van der Waals surface area contributed by atoms with Crippen molar-refractivity contribution in [3.8, 4) is 5.75 Å². The fourth-order valence-electron chi connectivity index (χ4n) is 3.06. The van der Waals surface area contributed by atoms with Crippen LogP contribution < -0.4 is 4.90 Å². The molecule has 0 unspecified atom stereocenters. The zero-order chi connectivity index (χ0) is 18.1. The SMILES string of the molecule is CC1=NC(=O)/C(=C\c2ccccc2)N1c1cc(C(C)C)c(O)cc1C. The van der Waals surface area contributed by atoms with E-state index in [0.717, 1.165) is 22.4 Å². The number of aliphatic imine (C=N–C) groups is 1. The summed E-state index contributed by atoms with van der Waals surface area (Å²) in [5.41, 5.74) is 4.08. The van der Waals surface area contributed by atoms with Crippen LogP contribution in [0.15, 0.2) is 53.2 Å². The van der Waals surface area contributed by atoms with E-state index < -0.39 is 0 Å². The van der Waals surface area contributed by atoms with E-state index in [1.54, 1.807) is 6.07 Å². The molecule has 0 atom stereocenters. The molecule has 0 spiro atoms. The van der Waals surface area contributed by atoms with E-state index in [1.807, 2.05) is 75.1 Å². The van der Waals surface area contributed by atoms with Crippen molar-refractivity contribution in [2.24, 2.45) is 4.99 Å². The lowest BCUT2D eigenvalue weighted by atomic mass is 9.98. The third-order valence-corrected chi connectivity index (χ3v) is 4.36. The first-order chi connectivity index (χ1) is 11.9. The molecule has 0 saturated heterocycles. The summed E-state index contributed by atoms with van der Waals surface area (Å²) in [6.45, 7) is 7.82. The first-order valence-corrected chi connectivity index (χ1v) is 8.38. The zero-order valence-electron chi connectivity index (χ0n) is 14.9. The Bertz CT molecular complexity index is 880. The van der Waals surface area contributed by atoms with Crippen LogP contribution in [-0.4, -0.2) is 16.8 Å². The lowest BCUT2D eigenvalue weighted by molar-refractivity contribution is -0.113. The number of hydrogen-bond acceptors (Lipinski definition) is 3. The number of hydrogen-bond donors (Lipinski definition) is 1. The number of nitrogens with zero attached hydrogens (tertiary/aromatic N) is 2. The van der Waals surface area contributed by atoms with Crippen molar-refractivity contribution in [1.29, 1.82) is 0 Å². The number of anilines is 1. The summed E-state index contributed by atoms with van der Waals surface area (Å²) in [5.74, 6) is 0.844. The van der Waals surface area contributed by atoms with Crippen LogP contribution in [0, 0.1) is 6.92 Å². The molecular weight excluding hydrogens is 312 g/mol. The first kappa shape index (κ1) is 17.0. The summed E-state index contributed by atoms with van der Waals surface area (Å²) >= 11 is 0. The van der Waals surface area contributed by atoms with E-state index in [0.29, 0.717) is 11.5 Å². The molecule has 4 heteroatoms. The van der Waals surface area contributed by atoms with Crippen LogP contribution in [-0.2, 0) is 4.79 Å². The summed E-state index contributed by atoms with van der Waals surface area (Å²) in [4.78, 5) is 18.4. The van der Waals surface area contributed by atoms with Gasteiger partial charge in [0, 0.05) is 0 Å². The van der Waals surface area contributed by atoms with E-state index in [9.17, 15) is 9.90 Å². The molecule has 2 aromatic rings. The van der Waals surface area contributed by atoms with Gasteiger partial charge in [-0.2, -0.15) is 4.99 Å². The Morgan fingerprint density at radius 3 is 2.44 bits per heavy atom. The van der Waals surface area contributed by atoms with E-state index in [2.05, 4.69) is 4.99 Å². The second-order valence-corrected chi connectivity index (χ2v) is 6.59. The first-order valence-electron chi connectivity index (χ1n) is 8.38. The number of rotatable bonds is 3. The molecule has 0 fully saturated rings. The smallest absolute Gasteiger partial charge is 0.295 e. The molecule has 128 valence electrons. The maximum atomic E-state index is 12.4. The normalized spacial score (nSPS) is 16.0. The molecule has 1 amide bonds. The molecule has 0 saturated carbocycles. The highest BCUT2D eigenvalue weighted by Crippen LogP contribution is 2.36. The van der Waals surface area contributed by atoms with Crippen LogP contribution in [0.4, 0.5) is 5.69 Å². The van der Waals surface area contributed by atoms with Gasteiger partial charge < -0.3 is 5.11 Å². The predicted octanol–water partition coefficient (Wildman–Crippen LogP) is 4.63. The largest absolute Gasteiger partial charge is 0.508 e. The number of amidine groups is 1. The molecular formula is C21H22N2O2. The van der Waals surface area contributed by atoms with E-state index in [4.69, 9.17) is 0 Å². The Morgan fingerprint density at radius 2 is 1.80 bits per heavy atom. The lowest BCUT2D eigenvalue weighted by Gasteiger charge is -2.24. The summed E-state index contributed by atoms with van der Waals surface area (Å²) < 4.78 is 0. The number of phenolic OH excluding ortho intramolecular Hbond substituents is 1. The van der Waals surface area contributed by atoms with Crippen molar-refractivity contribution in [2.45, 2.75) is 33.6 Å². The van der Waals surface area contributed by atoms with Crippen molar-refractivity contribution >= 4 is 23.5 Å². The molecule has 0 aromatic heterocycles. The Balaban J connectivity index is 2.14. The van der Waals surface area contributed by atoms with Crippen LogP contribution in [0.1, 0.15) is 43.4 Å². The van der Waals surface area contributed by atoms with Gasteiger partial charge in [-0.3, -0.25) is 9.69 Å². The third kappa shape index (κ3) is 3.20. The van der Waals surface area contributed by atoms with Gasteiger partial charge in [-0.1, -0.05) is 44.2 Å². The number of benzene rings is 2. The third-order valence-electron chi connectivity index (χ3n) is 4.36. The maximum Gasteiger partial charge on any atom is 0.295 e. The molecule has 25 heavy (non-hydrogen) atoms. The molecule has 4 nitrogen and oxygen atoms in total. The molecule has 1 aliphatic heterocycles. The number of phenols is 1. The van der Waals surface area contributed by atoms with Gasteiger partial charge in [0.05, 0.1) is 5.69 Å². The van der Waals surface area contributed by atoms with Crippen LogP contribution in [0.2, 0.25) is 0 Å². The highest BCUT2D eigenvalue weighted by molar-refractivity contribution is 6.22. The Hall–Kier alpha value is -2.88. The van der Waals surface area contributed by atoms with Crippen molar-refractivity contribution in [2.75, 3.05) is 4.90 Å². The van der Waals surface area contributed by atoms with Gasteiger partial charge in [0.25, 0.3) is 5.91 Å².